The Kier molecular flexibility index (Phi) is 3.61. The molecule has 88 valence electrons. The minimum atomic E-state index is 0.356. The molecule has 0 atom stereocenters. The van der Waals surface area contributed by atoms with Gasteiger partial charge in [-0.15, -0.1) is 0 Å². The summed E-state index contributed by atoms with van der Waals surface area (Å²) < 4.78 is 0. The van der Waals surface area contributed by atoms with Crippen molar-refractivity contribution in [3.8, 4) is 6.07 Å². The Morgan fingerprint density at radius 1 is 1.22 bits per heavy atom. The lowest BCUT2D eigenvalue weighted by Crippen LogP contribution is -1.99. The molecule has 1 aromatic carbocycles. The summed E-state index contributed by atoms with van der Waals surface area (Å²) in [6, 6.07) is 11.4. The molecule has 2 rings (SSSR count). The van der Waals surface area contributed by atoms with E-state index in [1.807, 2.05) is 30.3 Å². The minimum absolute atomic E-state index is 0.356. The quantitative estimate of drug-likeness (QED) is 0.475. The Balaban J connectivity index is 2.55. The van der Waals surface area contributed by atoms with Crippen LogP contribution in [0, 0.1) is 11.3 Å². The van der Waals surface area contributed by atoms with Crippen molar-refractivity contribution >= 4 is 22.9 Å². The summed E-state index contributed by atoms with van der Waals surface area (Å²) in [6.45, 7) is 0. The normalized spacial score (nSPS) is 19.3. The number of hydrogen-bond acceptors (Lipinski definition) is 3. The van der Waals surface area contributed by atoms with Crippen molar-refractivity contribution in [1.29, 1.82) is 5.26 Å². The summed E-state index contributed by atoms with van der Waals surface area (Å²) in [5.74, 6) is 0. The highest BCUT2D eigenvalue weighted by molar-refractivity contribution is 6.36. The zero-order valence-corrected chi connectivity index (χ0v) is 10.1. The summed E-state index contributed by atoms with van der Waals surface area (Å²) in [6.07, 6.45) is 4.78. The van der Waals surface area contributed by atoms with Gasteiger partial charge in [-0.2, -0.15) is 5.26 Å². The Hall–Kier alpha value is -2.31. The highest BCUT2D eigenvalue weighted by atomic mass is 35.5. The molecule has 1 aliphatic carbocycles. The van der Waals surface area contributed by atoms with Gasteiger partial charge in [-0.25, -0.2) is 0 Å². The average molecular weight is 257 g/mol. The molecule has 0 spiro atoms. The fraction of sp³-hybridized carbons (Fsp3) is 0. The van der Waals surface area contributed by atoms with Gasteiger partial charge in [0.2, 0.25) is 0 Å². The maximum atomic E-state index is 9.27. The highest BCUT2D eigenvalue weighted by Gasteiger charge is 2.13. The molecule has 0 aliphatic heterocycles. The Morgan fingerprint density at radius 2 is 1.94 bits per heavy atom. The van der Waals surface area contributed by atoms with E-state index in [9.17, 15) is 5.26 Å². The van der Waals surface area contributed by atoms with Crippen molar-refractivity contribution in [3.05, 3.63) is 64.7 Å². The summed E-state index contributed by atoms with van der Waals surface area (Å²) >= 11 is 6.09. The molecule has 0 radical (unpaired) electrons. The average Bonchev–Trinajstić information content (AvgIpc) is 2.42. The lowest BCUT2D eigenvalue weighted by atomic mass is 9.97. The van der Waals surface area contributed by atoms with Crippen LogP contribution < -0.4 is 0 Å². The van der Waals surface area contributed by atoms with E-state index >= 15 is 0 Å². The molecule has 3 nitrogen and oxygen atoms in total. The number of nitriles is 1. The van der Waals surface area contributed by atoms with Gasteiger partial charge in [0.05, 0.1) is 10.6 Å². The van der Waals surface area contributed by atoms with Crippen LogP contribution >= 0.6 is 11.6 Å². The van der Waals surface area contributed by atoms with Crippen LogP contribution in [0.2, 0.25) is 0 Å². The van der Waals surface area contributed by atoms with E-state index in [-0.39, 0.29) is 0 Å². The lowest BCUT2D eigenvalue weighted by molar-refractivity contribution is 0.320. The molecule has 0 heterocycles. The van der Waals surface area contributed by atoms with Gasteiger partial charge in [-0.3, -0.25) is 0 Å². The lowest BCUT2D eigenvalue weighted by Gasteiger charge is -2.09. The Bertz CT molecular complexity index is 619. The van der Waals surface area contributed by atoms with Crippen molar-refractivity contribution in [2.45, 2.75) is 0 Å². The number of hydrogen-bond donors (Lipinski definition) is 1. The first-order valence-corrected chi connectivity index (χ1v) is 5.61. The number of rotatable bonds is 1. The van der Waals surface area contributed by atoms with E-state index in [0.717, 1.165) is 5.56 Å². The third-order valence-electron chi connectivity index (χ3n) is 2.51. The van der Waals surface area contributed by atoms with Crippen LogP contribution in [-0.2, 0) is 0 Å². The van der Waals surface area contributed by atoms with E-state index in [0.29, 0.717) is 21.9 Å². The van der Waals surface area contributed by atoms with Gasteiger partial charge < -0.3 is 5.21 Å². The summed E-state index contributed by atoms with van der Waals surface area (Å²) in [7, 11) is 0. The van der Waals surface area contributed by atoms with Crippen LogP contribution in [0.4, 0.5) is 0 Å². The second kappa shape index (κ2) is 5.35. The molecule has 0 aromatic heterocycles. The molecule has 0 saturated carbocycles. The van der Waals surface area contributed by atoms with Crippen molar-refractivity contribution in [2.75, 3.05) is 0 Å². The first-order valence-electron chi connectivity index (χ1n) is 5.23. The first-order chi connectivity index (χ1) is 8.76. The number of benzene rings is 1. The molecular formula is C14H9ClN2O. The van der Waals surface area contributed by atoms with Crippen LogP contribution in [0.25, 0.3) is 5.57 Å². The van der Waals surface area contributed by atoms with Gasteiger partial charge >= 0.3 is 0 Å². The van der Waals surface area contributed by atoms with Gasteiger partial charge in [0, 0.05) is 5.57 Å². The van der Waals surface area contributed by atoms with E-state index < -0.39 is 0 Å². The summed E-state index contributed by atoms with van der Waals surface area (Å²) in [5, 5.41) is 21.4. The van der Waals surface area contributed by atoms with E-state index in [2.05, 4.69) is 11.2 Å². The fourth-order valence-corrected chi connectivity index (χ4v) is 1.92. The van der Waals surface area contributed by atoms with Gasteiger partial charge in [-0.1, -0.05) is 47.1 Å². The molecule has 0 saturated heterocycles. The van der Waals surface area contributed by atoms with Crippen molar-refractivity contribution in [3.63, 3.8) is 0 Å². The zero-order chi connectivity index (χ0) is 13.0. The predicted octanol–water partition coefficient (Wildman–Crippen LogP) is 3.49. The number of halogens is 1. The molecule has 0 unspecified atom stereocenters. The monoisotopic (exact) mass is 256 g/mol. The van der Waals surface area contributed by atoms with Gasteiger partial charge in [0.15, 0.2) is 0 Å². The highest BCUT2D eigenvalue weighted by Crippen LogP contribution is 2.29. The van der Waals surface area contributed by atoms with Crippen molar-refractivity contribution in [2.24, 2.45) is 5.16 Å². The second-order valence-corrected chi connectivity index (χ2v) is 4.02. The summed E-state index contributed by atoms with van der Waals surface area (Å²) in [4.78, 5) is 0. The zero-order valence-electron chi connectivity index (χ0n) is 9.34. The molecule has 1 aromatic rings. The minimum Gasteiger partial charge on any atom is -0.410 e. The van der Waals surface area contributed by atoms with Crippen LogP contribution in [0.5, 0.6) is 0 Å². The third-order valence-corrected chi connectivity index (χ3v) is 2.82. The van der Waals surface area contributed by atoms with E-state index in [4.69, 9.17) is 16.8 Å². The largest absolute Gasteiger partial charge is 0.410 e. The third kappa shape index (κ3) is 2.34. The molecular weight excluding hydrogens is 248 g/mol. The summed E-state index contributed by atoms with van der Waals surface area (Å²) in [5.41, 5.74) is 2.27. The smallest absolute Gasteiger partial charge is 0.104 e. The van der Waals surface area contributed by atoms with Crippen LogP contribution in [-0.4, -0.2) is 10.9 Å². The predicted molar refractivity (Wildman–Crippen MR) is 71.3 cm³/mol. The van der Waals surface area contributed by atoms with Crippen LogP contribution in [0.1, 0.15) is 5.56 Å². The van der Waals surface area contributed by atoms with Crippen molar-refractivity contribution < 1.29 is 5.21 Å². The second-order valence-electron chi connectivity index (χ2n) is 3.62. The van der Waals surface area contributed by atoms with Crippen molar-refractivity contribution in [1.82, 2.24) is 0 Å². The molecule has 0 fully saturated rings. The maximum absolute atomic E-state index is 9.27. The fourth-order valence-electron chi connectivity index (χ4n) is 1.65. The molecule has 1 aliphatic rings. The van der Waals surface area contributed by atoms with Gasteiger partial charge in [0.25, 0.3) is 0 Å². The number of nitrogens with zero attached hydrogens (tertiary/aromatic N) is 2. The van der Waals surface area contributed by atoms with Crippen LogP contribution in [0.3, 0.4) is 0 Å². The Labute approximate surface area is 110 Å². The molecule has 18 heavy (non-hydrogen) atoms. The standard InChI is InChI=1S/C14H9ClN2O/c15-14-8-11(17-18)6-7-12(14)13(9-16)10-4-2-1-3-5-10/h1-8,18H/b13-12+,17-11+. The molecule has 4 heteroatoms. The SMILES string of the molecule is N#C/C(=C1C=C/C(=N\O)C=C/1Cl)c1ccccc1. The topological polar surface area (TPSA) is 56.4 Å². The van der Waals surface area contributed by atoms with Gasteiger partial charge in [-0.05, 0) is 23.8 Å². The maximum Gasteiger partial charge on any atom is 0.104 e. The number of oxime groups is 1. The van der Waals surface area contributed by atoms with Crippen LogP contribution in [0.15, 0.2) is 64.3 Å². The number of allylic oxidation sites excluding steroid dienone is 6. The Morgan fingerprint density at radius 3 is 2.50 bits per heavy atom. The van der Waals surface area contributed by atoms with Gasteiger partial charge in [0.1, 0.15) is 11.8 Å². The molecule has 0 amide bonds. The molecule has 0 bridgehead atoms. The molecule has 1 N–H and O–H groups in total. The van der Waals surface area contributed by atoms with E-state index in [1.54, 1.807) is 12.2 Å². The first kappa shape index (κ1) is 12.2. The van der Waals surface area contributed by atoms with E-state index in [1.165, 1.54) is 6.08 Å².